The number of aromatic nitrogens is 3. The van der Waals surface area contributed by atoms with Gasteiger partial charge in [-0.2, -0.15) is 27.8 Å². The van der Waals surface area contributed by atoms with E-state index < -0.39 is 23.6 Å². The number of allylic oxidation sites excluding steroid dienone is 2. The van der Waals surface area contributed by atoms with Crippen molar-refractivity contribution in [3.05, 3.63) is 88.4 Å². The molecule has 0 radical (unpaired) electrons. The zero-order valence-corrected chi connectivity index (χ0v) is 27.4. The number of anilines is 3. The van der Waals surface area contributed by atoms with E-state index in [0.717, 1.165) is 34.9 Å². The number of rotatable bonds is 7. The average Bonchev–Trinajstić information content (AvgIpc) is 3.54. The first-order valence-electron chi connectivity index (χ1n) is 15.2. The summed E-state index contributed by atoms with van der Waals surface area (Å²) >= 11 is 6.14. The standard InChI is InChI=1S/C33H30ClF3N8O4/c1-5-24-28-21-9-7-19(31(48)42(3)4)15-25(21)44(27(47)6-2)41-30(28)45-32(39-29(40-45)18-11-13-49-14-12-18)43(24)17-26(46)38-23-10-8-20(16-22(23)34)33(35,36)37/h6-11,15-16H,2,5,12-14,17H2,1,3-4H3,(H,38,46). The molecule has 16 heteroatoms. The van der Waals surface area contributed by atoms with Crippen molar-refractivity contribution in [1.29, 1.82) is 0 Å². The highest BCUT2D eigenvalue weighted by Crippen LogP contribution is 2.43. The van der Waals surface area contributed by atoms with Crippen LogP contribution in [0.25, 0.3) is 11.1 Å². The number of hydrogen-bond donors (Lipinski definition) is 1. The van der Waals surface area contributed by atoms with Gasteiger partial charge in [0, 0.05) is 30.9 Å². The number of carbonyl (C=O) groups is 3. The first-order valence-corrected chi connectivity index (χ1v) is 15.5. The van der Waals surface area contributed by atoms with E-state index in [0.29, 0.717) is 60.0 Å². The topological polar surface area (TPSA) is 125 Å². The van der Waals surface area contributed by atoms with Crippen molar-refractivity contribution in [2.45, 2.75) is 25.9 Å². The zero-order chi connectivity index (χ0) is 35.2. The van der Waals surface area contributed by atoms with E-state index in [4.69, 9.17) is 31.5 Å². The van der Waals surface area contributed by atoms with Crippen molar-refractivity contribution in [3.63, 3.8) is 0 Å². The molecule has 0 saturated carbocycles. The minimum absolute atomic E-state index is 0.00109. The smallest absolute Gasteiger partial charge is 0.377 e. The van der Waals surface area contributed by atoms with E-state index in [2.05, 4.69) is 11.9 Å². The molecule has 0 fully saturated rings. The van der Waals surface area contributed by atoms with E-state index in [1.54, 1.807) is 37.2 Å². The third-order valence-electron chi connectivity index (χ3n) is 8.05. The molecular formula is C33H30ClF3N8O4. The molecule has 4 heterocycles. The summed E-state index contributed by atoms with van der Waals surface area (Å²) in [5.41, 5.74) is 2.18. The lowest BCUT2D eigenvalue weighted by Gasteiger charge is -2.36. The third kappa shape index (κ3) is 6.22. The number of alkyl halides is 3. The molecule has 3 aliphatic rings. The number of carbonyl (C=O) groups excluding carboxylic acids is 3. The largest absolute Gasteiger partial charge is 0.416 e. The van der Waals surface area contributed by atoms with Crippen LogP contribution in [0.5, 0.6) is 0 Å². The van der Waals surface area contributed by atoms with Crippen molar-refractivity contribution in [3.8, 4) is 0 Å². The van der Waals surface area contributed by atoms with Gasteiger partial charge in [0.2, 0.25) is 11.9 Å². The van der Waals surface area contributed by atoms with E-state index in [1.807, 2.05) is 13.0 Å². The Labute approximate surface area is 283 Å². The van der Waals surface area contributed by atoms with Crippen molar-refractivity contribution in [2.24, 2.45) is 5.10 Å². The van der Waals surface area contributed by atoms with Gasteiger partial charge in [-0.25, -0.2) is 0 Å². The summed E-state index contributed by atoms with van der Waals surface area (Å²) in [6.07, 6.45) is -0.745. The zero-order valence-electron chi connectivity index (χ0n) is 26.6. The van der Waals surface area contributed by atoms with Crippen LogP contribution in [0.2, 0.25) is 5.02 Å². The van der Waals surface area contributed by atoms with Crippen LogP contribution in [0.3, 0.4) is 0 Å². The first kappa shape index (κ1) is 33.6. The minimum atomic E-state index is -4.61. The first-order chi connectivity index (χ1) is 23.3. The molecule has 0 unspecified atom stereocenters. The summed E-state index contributed by atoms with van der Waals surface area (Å²) in [7, 11) is 3.23. The Morgan fingerprint density at radius 3 is 2.57 bits per heavy atom. The summed E-state index contributed by atoms with van der Waals surface area (Å²) in [5, 5.41) is 13.0. The van der Waals surface area contributed by atoms with Crippen LogP contribution in [0, 0.1) is 0 Å². The number of fused-ring (bicyclic) bond motifs is 5. The summed E-state index contributed by atoms with van der Waals surface area (Å²) < 4.78 is 46.6. The van der Waals surface area contributed by atoms with E-state index in [1.165, 1.54) is 9.58 Å². The van der Waals surface area contributed by atoms with Crippen LogP contribution in [-0.4, -0.2) is 77.1 Å². The predicted molar refractivity (Wildman–Crippen MR) is 178 cm³/mol. The van der Waals surface area contributed by atoms with Crippen LogP contribution in [0.1, 0.15) is 47.1 Å². The van der Waals surface area contributed by atoms with Gasteiger partial charge >= 0.3 is 6.18 Å². The molecule has 254 valence electrons. The molecule has 2 aromatic carbocycles. The van der Waals surface area contributed by atoms with E-state index >= 15 is 0 Å². The van der Waals surface area contributed by atoms with Crippen molar-refractivity contribution in [1.82, 2.24) is 19.7 Å². The number of nitrogens with one attached hydrogen (secondary N) is 1. The Morgan fingerprint density at radius 1 is 1.16 bits per heavy atom. The van der Waals surface area contributed by atoms with Crippen molar-refractivity contribution >= 4 is 63.6 Å². The number of nitrogens with zero attached hydrogens (tertiary/aromatic N) is 7. The van der Waals surface area contributed by atoms with Gasteiger partial charge in [-0.15, -0.1) is 10.2 Å². The molecule has 49 heavy (non-hydrogen) atoms. The van der Waals surface area contributed by atoms with Gasteiger partial charge in [0.1, 0.15) is 6.54 Å². The lowest BCUT2D eigenvalue weighted by atomic mass is 9.94. The molecular weight excluding hydrogens is 665 g/mol. The summed E-state index contributed by atoms with van der Waals surface area (Å²) in [5.74, 6) is -0.580. The molecule has 6 rings (SSSR count). The Bertz CT molecular complexity index is 2000. The van der Waals surface area contributed by atoms with Crippen LogP contribution in [0.15, 0.2) is 65.9 Å². The number of amides is 3. The Morgan fingerprint density at radius 2 is 1.94 bits per heavy atom. The molecule has 0 atom stereocenters. The van der Waals surface area contributed by atoms with Gasteiger partial charge in [-0.3, -0.25) is 14.4 Å². The quantitative estimate of drug-likeness (QED) is 0.327. The van der Waals surface area contributed by atoms with Gasteiger partial charge in [0.15, 0.2) is 11.7 Å². The SMILES string of the molecule is C=CC(=O)N1N=C2C(=C(CC)N(CC(=O)Nc3ccc(C(F)(F)F)cc3Cl)c3nc(C4=CCOCC4)nn32)c2ccc(C(=O)N(C)C)cc21. The fourth-order valence-corrected chi connectivity index (χ4v) is 5.95. The van der Waals surface area contributed by atoms with Crippen LogP contribution < -0.4 is 15.2 Å². The van der Waals surface area contributed by atoms with Crippen LogP contribution >= 0.6 is 11.6 Å². The average molecular weight is 695 g/mol. The number of hydrazone groups is 1. The third-order valence-corrected chi connectivity index (χ3v) is 8.37. The molecule has 1 N–H and O–H groups in total. The Kier molecular flexibility index (Phi) is 8.90. The molecule has 0 aliphatic carbocycles. The highest BCUT2D eigenvalue weighted by molar-refractivity contribution is 6.34. The van der Waals surface area contributed by atoms with Gasteiger partial charge in [-0.05, 0) is 54.8 Å². The van der Waals surface area contributed by atoms with Gasteiger partial charge < -0.3 is 19.9 Å². The Hall–Kier alpha value is -5.28. The minimum Gasteiger partial charge on any atom is -0.377 e. The maximum Gasteiger partial charge on any atom is 0.416 e. The molecule has 3 aliphatic heterocycles. The van der Waals surface area contributed by atoms with Gasteiger partial charge in [-0.1, -0.05) is 37.2 Å². The highest BCUT2D eigenvalue weighted by atomic mass is 35.5. The van der Waals surface area contributed by atoms with Gasteiger partial charge in [0.25, 0.3) is 11.8 Å². The highest BCUT2D eigenvalue weighted by Gasteiger charge is 2.40. The van der Waals surface area contributed by atoms with E-state index in [-0.39, 0.29) is 34.9 Å². The number of ether oxygens (including phenoxy) is 1. The maximum atomic E-state index is 13.6. The molecule has 12 nitrogen and oxygen atoms in total. The van der Waals surface area contributed by atoms with Crippen LogP contribution in [0.4, 0.5) is 30.5 Å². The fourth-order valence-electron chi connectivity index (χ4n) is 5.72. The predicted octanol–water partition coefficient (Wildman–Crippen LogP) is 5.43. The normalized spacial score (nSPS) is 15.5. The lowest BCUT2D eigenvalue weighted by molar-refractivity contribution is -0.137. The second-order valence-electron chi connectivity index (χ2n) is 11.4. The second-order valence-corrected chi connectivity index (χ2v) is 11.8. The second kappa shape index (κ2) is 13.0. The molecule has 1 aromatic heterocycles. The van der Waals surface area contributed by atoms with Crippen molar-refractivity contribution < 1.29 is 32.3 Å². The fraction of sp³-hybridized carbons (Fsp3) is 0.273. The molecule has 0 bridgehead atoms. The Balaban J connectivity index is 1.49. The number of halogens is 4. The van der Waals surface area contributed by atoms with Gasteiger partial charge in [0.05, 0.1) is 40.7 Å². The number of benzene rings is 2. The summed E-state index contributed by atoms with van der Waals surface area (Å²) in [6, 6.07) is 7.59. The lowest BCUT2D eigenvalue weighted by Crippen LogP contribution is -2.43. The summed E-state index contributed by atoms with van der Waals surface area (Å²) in [4.78, 5) is 47.6. The number of hydrogen-bond acceptors (Lipinski definition) is 8. The van der Waals surface area contributed by atoms with Crippen LogP contribution in [-0.2, 0) is 20.5 Å². The molecule has 0 spiro atoms. The molecule has 3 amide bonds. The van der Waals surface area contributed by atoms with Crippen molar-refractivity contribution in [2.75, 3.05) is 49.1 Å². The maximum absolute atomic E-state index is 13.6. The van der Waals surface area contributed by atoms with E-state index in [9.17, 15) is 27.6 Å². The monoisotopic (exact) mass is 694 g/mol. The molecule has 0 saturated heterocycles. The summed E-state index contributed by atoms with van der Waals surface area (Å²) in [6.45, 7) is 5.99. The molecule has 3 aromatic rings.